The molecule has 1 N–H and O–H groups in total. The van der Waals surface area contributed by atoms with E-state index in [1.807, 2.05) is 0 Å². The van der Waals surface area contributed by atoms with Crippen molar-refractivity contribution >= 4 is 51.3 Å². The molecule has 1 fully saturated rings. The summed E-state index contributed by atoms with van der Waals surface area (Å²) in [4.78, 5) is 28.1. The van der Waals surface area contributed by atoms with Gasteiger partial charge in [-0.05, 0) is 64.0 Å². The van der Waals surface area contributed by atoms with Gasteiger partial charge in [0.1, 0.15) is 5.00 Å². The fourth-order valence-corrected chi connectivity index (χ4v) is 7.41. The van der Waals surface area contributed by atoms with Crippen LogP contribution >= 0.6 is 34.4 Å². The fourth-order valence-electron chi connectivity index (χ4n) is 4.69. The Morgan fingerprint density at radius 1 is 1.28 bits per heavy atom. The average Bonchev–Trinajstić information content (AvgIpc) is 3.65. The lowest BCUT2D eigenvalue weighted by Gasteiger charge is -2.14. The number of carbonyl (C=O) groups is 2. The van der Waals surface area contributed by atoms with Crippen LogP contribution in [0.5, 0.6) is 0 Å². The number of rotatable bonds is 9. The van der Waals surface area contributed by atoms with Crippen LogP contribution in [0.3, 0.4) is 0 Å². The van der Waals surface area contributed by atoms with Crippen molar-refractivity contribution in [3.63, 3.8) is 0 Å². The van der Waals surface area contributed by atoms with Crippen molar-refractivity contribution in [3.8, 4) is 11.4 Å². The van der Waals surface area contributed by atoms with Crippen LogP contribution in [0.4, 0.5) is 5.00 Å². The van der Waals surface area contributed by atoms with Crippen LogP contribution in [0.2, 0.25) is 0 Å². The van der Waals surface area contributed by atoms with Gasteiger partial charge in [0.15, 0.2) is 11.0 Å². The van der Waals surface area contributed by atoms with Gasteiger partial charge >= 0.3 is 5.97 Å². The Morgan fingerprint density at radius 3 is 2.89 bits per heavy atom. The Kier molecular flexibility index (Phi) is 8.09. The van der Waals surface area contributed by atoms with Crippen molar-refractivity contribution in [3.05, 3.63) is 32.3 Å². The first kappa shape index (κ1) is 25.4. The molecular formula is C25H30N4O4S3. The molecule has 192 valence electrons. The summed E-state index contributed by atoms with van der Waals surface area (Å²) in [6, 6.07) is 2.11. The van der Waals surface area contributed by atoms with Crippen LogP contribution in [0.1, 0.15) is 58.3 Å². The lowest BCUT2D eigenvalue weighted by molar-refractivity contribution is -0.113. The third kappa shape index (κ3) is 5.53. The van der Waals surface area contributed by atoms with Gasteiger partial charge in [-0.1, -0.05) is 11.8 Å². The molecule has 0 bridgehead atoms. The lowest BCUT2D eigenvalue weighted by Crippen LogP contribution is -2.19. The third-order valence-electron chi connectivity index (χ3n) is 6.35. The number of carbonyl (C=O) groups excluding carboxylic acids is 2. The van der Waals surface area contributed by atoms with Crippen molar-refractivity contribution in [2.24, 2.45) is 0 Å². The number of anilines is 1. The molecule has 1 saturated heterocycles. The number of nitrogens with zero attached hydrogens (tertiary/aromatic N) is 3. The Morgan fingerprint density at radius 2 is 2.14 bits per heavy atom. The number of hydrogen-bond acceptors (Lipinski definition) is 9. The van der Waals surface area contributed by atoms with E-state index in [1.165, 1.54) is 32.9 Å². The zero-order chi connectivity index (χ0) is 25.1. The SMILES string of the molecule is CCOC(=O)c1c(NC(=O)CSc2nnc(-c3csc(C)c3)n2CC2CCCO2)sc2c1CCCC2. The highest BCUT2D eigenvalue weighted by Crippen LogP contribution is 2.39. The average molecular weight is 547 g/mol. The maximum Gasteiger partial charge on any atom is 0.341 e. The second-order valence-electron chi connectivity index (χ2n) is 8.97. The first-order valence-electron chi connectivity index (χ1n) is 12.4. The monoisotopic (exact) mass is 546 g/mol. The van der Waals surface area contributed by atoms with Gasteiger partial charge in [0.05, 0.1) is 30.6 Å². The van der Waals surface area contributed by atoms with Crippen molar-refractivity contribution in [1.82, 2.24) is 14.8 Å². The summed E-state index contributed by atoms with van der Waals surface area (Å²) in [5.74, 6) is 0.431. The first-order valence-corrected chi connectivity index (χ1v) is 15.1. The Labute approximate surface area is 222 Å². The van der Waals surface area contributed by atoms with Gasteiger partial charge in [0.25, 0.3) is 0 Å². The van der Waals surface area contributed by atoms with Gasteiger partial charge in [-0.25, -0.2) is 4.79 Å². The molecule has 1 unspecified atom stereocenters. The van der Waals surface area contributed by atoms with E-state index in [1.54, 1.807) is 18.3 Å². The highest BCUT2D eigenvalue weighted by molar-refractivity contribution is 7.99. The number of nitrogens with one attached hydrogen (secondary N) is 1. The Balaban J connectivity index is 1.32. The van der Waals surface area contributed by atoms with Crippen LogP contribution in [0, 0.1) is 6.92 Å². The smallest absolute Gasteiger partial charge is 0.341 e. The van der Waals surface area contributed by atoms with Crippen LogP contribution < -0.4 is 5.32 Å². The van der Waals surface area contributed by atoms with Gasteiger partial charge in [0, 0.05) is 27.3 Å². The number of thiophene rings is 2. The summed E-state index contributed by atoms with van der Waals surface area (Å²) < 4.78 is 13.3. The highest BCUT2D eigenvalue weighted by Gasteiger charge is 2.28. The number of thioether (sulfide) groups is 1. The molecule has 2 aliphatic rings. The number of aromatic nitrogens is 3. The predicted molar refractivity (Wildman–Crippen MR) is 143 cm³/mol. The Hall–Kier alpha value is -2.21. The molecule has 36 heavy (non-hydrogen) atoms. The van der Waals surface area contributed by atoms with E-state index in [-0.39, 0.29) is 23.7 Å². The van der Waals surface area contributed by atoms with E-state index in [9.17, 15) is 9.59 Å². The van der Waals surface area contributed by atoms with E-state index in [0.717, 1.165) is 62.1 Å². The van der Waals surface area contributed by atoms with Gasteiger partial charge in [-0.2, -0.15) is 0 Å². The molecule has 0 aromatic carbocycles. The maximum atomic E-state index is 13.0. The number of amides is 1. The van der Waals surface area contributed by atoms with Gasteiger partial charge in [-0.15, -0.1) is 32.9 Å². The first-order chi connectivity index (χ1) is 17.5. The molecule has 1 atom stereocenters. The van der Waals surface area contributed by atoms with Crippen molar-refractivity contribution in [2.75, 3.05) is 24.3 Å². The third-order valence-corrected chi connectivity index (χ3v) is 9.39. The largest absolute Gasteiger partial charge is 0.462 e. The van der Waals surface area contributed by atoms with Crippen LogP contribution in [0.15, 0.2) is 16.6 Å². The normalized spacial score (nSPS) is 17.2. The minimum atomic E-state index is -0.355. The minimum Gasteiger partial charge on any atom is -0.462 e. The van der Waals surface area contributed by atoms with Crippen LogP contribution in [-0.4, -0.2) is 51.7 Å². The van der Waals surface area contributed by atoms with Crippen molar-refractivity contribution in [1.29, 1.82) is 0 Å². The number of ether oxygens (including phenoxy) is 2. The van der Waals surface area contributed by atoms with Gasteiger partial charge in [0.2, 0.25) is 5.91 Å². The molecule has 0 radical (unpaired) electrons. The molecule has 1 aliphatic carbocycles. The van der Waals surface area contributed by atoms with E-state index >= 15 is 0 Å². The number of aryl methyl sites for hydroxylation is 2. The molecule has 3 aromatic rings. The van der Waals surface area contributed by atoms with Gasteiger partial charge < -0.3 is 14.8 Å². The zero-order valence-corrected chi connectivity index (χ0v) is 23.0. The quantitative estimate of drug-likeness (QED) is 0.286. The Bertz CT molecular complexity index is 1240. The van der Waals surface area contributed by atoms with E-state index in [4.69, 9.17) is 9.47 Å². The predicted octanol–water partition coefficient (Wildman–Crippen LogP) is 5.34. The summed E-state index contributed by atoms with van der Waals surface area (Å²) in [5.41, 5.74) is 2.61. The maximum absolute atomic E-state index is 13.0. The summed E-state index contributed by atoms with van der Waals surface area (Å²) >= 11 is 4.53. The van der Waals surface area contributed by atoms with Crippen LogP contribution in [-0.2, 0) is 33.7 Å². The number of hydrogen-bond donors (Lipinski definition) is 1. The van der Waals surface area contributed by atoms with Crippen molar-refractivity contribution in [2.45, 2.75) is 70.2 Å². The minimum absolute atomic E-state index is 0.122. The lowest BCUT2D eigenvalue weighted by atomic mass is 9.95. The standard InChI is InChI=1S/C25H30N4O4S3/c1-3-32-24(31)21-18-8-4-5-9-19(18)36-23(21)26-20(30)14-35-25-28-27-22(16-11-15(2)34-13-16)29(25)12-17-7-6-10-33-17/h11,13,17H,3-10,12,14H2,1-2H3,(H,26,30). The molecule has 5 rings (SSSR count). The molecular weight excluding hydrogens is 517 g/mol. The second-order valence-corrected chi connectivity index (χ2v) is 12.1. The molecule has 11 heteroatoms. The summed E-state index contributed by atoms with van der Waals surface area (Å²) in [6.07, 6.45) is 6.12. The van der Waals surface area contributed by atoms with E-state index < -0.39 is 0 Å². The molecule has 4 heterocycles. The van der Waals surface area contributed by atoms with E-state index in [0.29, 0.717) is 28.9 Å². The molecule has 3 aromatic heterocycles. The van der Waals surface area contributed by atoms with Crippen LogP contribution in [0.25, 0.3) is 11.4 Å². The van der Waals surface area contributed by atoms with Gasteiger partial charge in [-0.3, -0.25) is 9.36 Å². The van der Waals surface area contributed by atoms with E-state index in [2.05, 4.69) is 38.5 Å². The number of fused-ring (bicyclic) bond motifs is 1. The summed E-state index contributed by atoms with van der Waals surface area (Å²) in [6.45, 7) is 5.61. The summed E-state index contributed by atoms with van der Waals surface area (Å²) in [7, 11) is 0. The number of esters is 1. The topological polar surface area (TPSA) is 95.3 Å². The molecule has 0 spiro atoms. The molecule has 1 aliphatic heterocycles. The highest BCUT2D eigenvalue weighted by atomic mass is 32.2. The van der Waals surface area contributed by atoms with Crippen molar-refractivity contribution < 1.29 is 19.1 Å². The fraction of sp³-hybridized carbons (Fsp3) is 0.520. The second kappa shape index (κ2) is 11.5. The zero-order valence-electron chi connectivity index (χ0n) is 20.5. The summed E-state index contributed by atoms with van der Waals surface area (Å²) in [5, 5.41) is 15.2. The molecule has 0 saturated carbocycles. The molecule has 1 amide bonds. The molecule has 8 nitrogen and oxygen atoms in total.